The summed E-state index contributed by atoms with van der Waals surface area (Å²) in [6.07, 6.45) is -2.33. The van der Waals surface area contributed by atoms with Crippen molar-refractivity contribution in [3.63, 3.8) is 0 Å². The van der Waals surface area contributed by atoms with E-state index >= 15 is 0 Å². The third-order valence-electron chi connectivity index (χ3n) is 3.79. The van der Waals surface area contributed by atoms with Crippen molar-refractivity contribution in [2.24, 2.45) is 0 Å². The Hall–Kier alpha value is -2.31. The van der Waals surface area contributed by atoms with Gasteiger partial charge in [-0.2, -0.15) is 13.2 Å². The number of carbonyl (C=O) groups excluding carboxylic acids is 1. The molecule has 0 unspecified atom stereocenters. The molecule has 1 aromatic heterocycles. The zero-order chi connectivity index (χ0) is 16.1. The molecule has 116 valence electrons. The first-order valence-electron chi connectivity index (χ1n) is 6.62. The van der Waals surface area contributed by atoms with Gasteiger partial charge in [0.05, 0.1) is 11.3 Å². The topological polar surface area (TPSA) is 46.3 Å². The van der Waals surface area contributed by atoms with Gasteiger partial charge in [0.15, 0.2) is 12.1 Å². The largest absolute Gasteiger partial charge is 0.451 e. The molecule has 1 amide bonds. The Labute approximate surface area is 124 Å². The fraction of sp³-hybridized carbons (Fsp3) is 0.333. The maximum atomic E-state index is 13.3. The van der Waals surface area contributed by atoms with Crippen LogP contribution in [0.25, 0.3) is 0 Å². The molecule has 1 aliphatic heterocycles. The monoisotopic (exact) mass is 310 g/mol. The Kier molecular flexibility index (Phi) is 3.05. The van der Waals surface area contributed by atoms with E-state index in [0.29, 0.717) is 5.56 Å². The van der Waals surface area contributed by atoms with Crippen molar-refractivity contribution in [3.8, 4) is 0 Å². The van der Waals surface area contributed by atoms with E-state index in [1.165, 1.54) is 6.07 Å². The summed E-state index contributed by atoms with van der Waals surface area (Å²) in [4.78, 5) is 17.3. The normalized spacial score (nSPS) is 16.7. The summed E-state index contributed by atoms with van der Waals surface area (Å²) in [5.41, 5.74) is -0.990. The van der Waals surface area contributed by atoms with Crippen molar-refractivity contribution in [2.45, 2.75) is 25.4 Å². The van der Waals surface area contributed by atoms with Crippen LogP contribution in [0.1, 0.15) is 35.5 Å². The van der Waals surface area contributed by atoms with Crippen LogP contribution in [-0.2, 0) is 11.6 Å². The second kappa shape index (κ2) is 4.59. The number of alkyl halides is 3. The Balaban J connectivity index is 2.17. The summed E-state index contributed by atoms with van der Waals surface area (Å²) in [6, 6.07) is 3.98. The highest BCUT2D eigenvalue weighted by Gasteiger charge is 2.45. The summed E-state index contributed by atoms with van der Waals surface area (Å²) >= 11 is 0. The molecule has 22 heavy (non-hydrogen) atoms. The number of benzene rings is 1. The number of rotatable bonds is 1. The van der Waals surface area contributed by atoms with E-state index in [2.05, 4.69) is 4.98 Å². The molecule has 2 heterocycles. The molecule has 7 heteroatoms. The highest BCUT2D eigenvalue weighted by Crippen LogP contribution is 2.47. The summed E-state index contributed by atoms with van der Waals surface area (Å²) in [5, 5.41) is 0. The minimum absolute atomic E-state index is 0.0133. The fourth-order valence-corrected chi connectivity index (χ4v) is 2.80. The Bertz CT molecular complexity index is 721. The van der Waals surface area contributed by atoms with E-state index in [1.54, 1.807) is 6.07 Å². The molecule has 0 aliphatic carbocycles. The van der Waals surface area contributed by atoms with Crippen LogP contribution >= 0.6 is 0 Å². The highest BCUT2D eigenvalue weighted by molar-refractivity contribution is 6.07. The second-order valence-corrected chi connectivity index (χ2v) is 5.85. The van der Waals surface area contributed by atoms with Gasteiger partial charge in [0, 0.05) is 12.0 Å². The van der Waals surface area contributed by atoms with Gasteiger partial charge in [-0.15, -0.1) is 0 Å². The number of nitrogens with zero attached hydrogens (tertiary/aromatic N) is 2. The van der Waals surface area contributed by atoms with Crippen molar-refractivity contribution in [3.05, 3.63) is 47.7 Å². The van der Waals surface area contributed by atoms with Crippen LogP contribution in [0.2, 0.25) is 0 Å². The Morgan fingerprint density at radius 2 is 2.09 bits per heavy atom. The predicted molar refractivity (Wildman–Crippen MR) is 72.6 cm³/mol. The number of aromatic nitrogens is 1. The van der Waals surface area contributed by atoms with Crippen LogP contribution in [0, 0.1) is 0 Å². The van der Waals surface area contributed by atoms with E-state index in [9.17, 15) is 18.0 Å². The van der Waals surface area contributed by atoms with Crippen molar-refractivity contribution in [1.82, 2.24) is 4.98 Å². The molecular formula is C15H13F3N2O2. The van der Waals surface area contributed by atoms with Gasteiger partial charge in [0.2, 0.25) is 0 Å². The van der Waals surface area contributed by atoms with Gasteiger partial charge in [-0.25, -0.2) is 4.98 Å². The zero-order valence-electron chi connectivity index (χ0n) is 11.9. The minimum atomic E-state index is -4.53. The van der Waals surface area contributed by atoms with E-state index in [1.807, 2.05) is 13.8 Å². The number of carbonyl (C=O) groups is 1. The lowest BCUT2D eigenvalue weighted by molar-refractivity contribution is -0.137. The molecule has 0 fully saturated rings. The molecule has 1 aromatic carbocycles. The number of hydrogen-bond donors (Lipinski definition) is 0. The van der Waals surface area contributed by atoms with Gasteiger partial charge in [-0.3, -0.25) is 4.79 Å². The SMILES string of the molecule is CC1(C)CN(C(=O)c2cocn2)c2c(C(F)(F)F)cccc21. The third kappa shape index (κ3) is 2.17. The van der Waals surface area contributed by atoms with Gasteiger partial charge < -0.3 is 9.32 Å². The first-order chi connectivity index (χ1) is 10.2. The van der Waals surface area contributed by atoms with Crippen LogP contribution in [0.3, 0.4) is 0 Å². The fourth-order valence-electron chi connectivity index (χ4n) is 2.80. The van der Waals surface area contributed by atoms with Crippen LogP contribution < -0.4 is 4.90 Å². The lowest BCUT2D eigenvalue weighted by atomic mass is 9.86. The number of anilines is 1. The van der Waals surface area contributed by atoms with E-state index in [4.69, 9.17) is 4.42 Å². The van der Waals surface area contributed by atoms with Crippen molar-refractivity contribution >= 4 is 11.6 Å². The van der Waals surface area contributed by atoms with E-state index < -0.39 is 23.1 Å². The highest BCUT2D eigenvalue weighted by atomic mass is 19.4. The average Bonchev–Trinajstić information content (AvgIpc) is 3.04. The van der Waals surface area contributed by atoms with Crippen molar-refractivity contribution in [1.29, 1.82) is 0 Å². The number of fused-ring (bicyclic) bond motifs is 1. The number of oxazole rings is 1. The number of para-hydroxylation sites is 1. The van der Waals surface area contributed by atoms with Crippen molar-refractivity contribution < 1.29 is 22.4 Å². The lowest BCUT2D eigenvalue weighted by Gasteiger charge is -2.21. The molecule has 0 saturated carbocycles. The Morgan fingerprint density at radius 3 is 2.68 bits per heavy atom. The van der Waals surface area contributed by atoms with Crippen LogP contribution in [0.4, 0.5) is 18.9 Å². The number of hydrogen-bond acceptors (Lipinski definition) is 3. The molecule has 0 atom stereocenters. The molecule has 4 nitrogen and oxygen atoms in total. The average molecular weight is 310 g/mol. The van der Waals surface area contributed by atoms with Crippen LogP contribution in [-0.4, -0.2) is 17.4 Å². The predicted octanol–water partition coefficient (Wildman–Crippen LogP) is 3.63. The number of amides is 1. The smallest absolute Gasteiger partial charge is 0.418 e. The lowest BCUT2D eigenvalue weighted by Crippen LogP contribution is -2.34. The molecule has 0 bridgehead atoms. The molecule has 0 radical (unpaired) electrons. The molecule has 0 N–H and O–H groups in total. The van der Waals surface area contributed by atoms with Gasteiger partial charge >= 0.3 is 6.18 Å². The summed E-state index contributed by atoms with van der Waals surface area (Å²) in [5.74, 6) is -0.600. The van der Waals surface area contributed by atoms with Gasteiger partial charge in [0.1, 0.15) is 6.26 Å². The summed E-state index contributed by atoms with van der Waals surface area (Å²) in [6.45, 7) is 3.77. The summed E-state index contributed by atoms with van der Waals surface area (Å²) < 4.78 is 44.7. The molecule has 0 spiro atoms. The number of halogens is 3. The Morgan fingerprint density at radius 1 is 1.36 bits per heavy atom. The van der Waals surface area contributed by atoms with Crippen molar-refractivity contribution in [2.75, 3.05) is 11.4 Å². The van der Waals surface area contributed by atoms with E-state index in [-0.39, 0.29) is 17.9 Å². The molecule has 2 aromatic rings. The maximum Gasteiger partial charge on any atom is 0.418 e. The van der Waals surface area contributed by atoms with Gasteiger partial charge in [-0.1, -0.05) is 26.0 Å². The summed E-state index contributed by atoms with van der Waals surface area (Å²) in [7, 11) is 0. The third-order valence-corrected chi connectivity index (χ3v) is 3.79. The van der Waals surface area contributed by atoms with Crippen LogP contribution in [0.5, 0.6) is 0 Å². The van der Waals surface area contributed by atoms with Gasteiger partial charge in [-0.05, 0) is 11.6 Å². The zero-order valence-corrected chi connectivity index (χ0v) is 11.9. The van der Waals surface area contributed by atoms with Crippen LogP contribution in [0.15, 0.2) is 35.3 Å². The van der Waals surface area contributed by atoms with E-state index in [0.717, 1.165) is 23.6 Å². The maximum absolute atomic E-state index is 13.3. The molecular weight excluding hydrogens is 297 g/mol. The molecule has 0 saturated heterocycles. The molecule has 3 rings (SSSR count). The minimum Gasteiger partial charge on any atom is -0.451 e. The molecule has 1 aliphatic rings. The first kappa shape index (κ1) is 14.6. The first-order valence-corrected chi connectivity index (χ1v) is 6.62. The quantitative estimate of drug-likeness (QED) is 0.808. The van der Waals surface area contributed by atoms with Gasteiger partial charge in [0.25, 0.3) is 5.91 Å². The second-order valence-electron chi connectivity index (χ2n) is 5.85. The standard InChI is InChI=1S/C15H13F3N2O2/c1-14(2)7-20(13(21)11-6-22-8-19-11)12-9(14)4-3-5-10(12)15(16,17)18/h3-6,8H,7H2,1-2H3.